The summed E-state index contributed by atoms with van der Waals surface area (Å²) in [5.41, 5.74) is 7.78. The number of benzene rings is 1. The zero-order valence-electron chi connectivity index (χ0n) is 12.2. The van der Waals surface area contributed by atoms with Crippen LogP contribution in [0.5, 0.6) is 11.5 Å². The van der Waals surface area contributed by atoms with Crippen molar-refractivity contribution < 1.29 is 14.3 Å². The van der Waals surface area contributed by atoms with Crippen molar-refractivity contribution in [3.8, 4) is 11.5 Å². The number of nitrogens with one attached hydrogen (secondary N) is 1. The number of fused-ring (bicyclic) bond motifs is 1. The number of nitrogen functional groups attached to an aromatic ring is 1. The fourth-order valence-corrected chi connectivity index (χ4v) is 2.90. The molecule has 0 aromatic heterocycles. The molecule has 0 radical (unpaired) electrons. The van der Waals surface area contributed by atoms with Gasteiger partial charge >= 0.3 is 0 Å². The molecule has 2 aliphatic heterocycles. The molecular weight excluding hydrogens is 270 g/mol. The molecule has 1 fully saturated rings. The van der Waals surface area contributed by atoms with Crippen molar-refractivity contribution in [1.29, 1.82) is 0 Å². The topological polar surface area (TPSA) is 76.8 Å². The van der Waals surface area contributed by atoms with E-state index < -0.39 is 0 Å². The molecule has 1 aromatic carbocycles. The lowest BCUT2D eigenvalue weighted by Crippen LogP contribution is -2.54. The lowest BCUT2D eigenvalue weighted by atomic mass is 10.1. The van der Waals surface area contributed by atoms with E-state index in [1.54, 1.807) is 0 Å². The van der Waals surface area contributed by atoms with Gasteiger partial charge in [-0.25, -0.2) is 0 Å². The van der Waals surface area contributed by atoms with Crippen molar-refractivity contribution in [1.82, 2.24) is 10.2 Å². The SMILES string of the molecule is CCC1C(=O)NCCN1Cc1cc2c(cc1N)OCCO2. The molecule has 6 nitrogen and oxygen atoms in total. The maximum atomic E-state index is 11.9. The molecule has 0 bridgehead atoms. The Bertz CT molecular complexity index is 547. The molecule has 0 saturated carbocycles. The molecule has 1 saturated heterocycles. The van der Waals surface area contributed by atoms with E-state index in [2.05, 4.69) is 10.2 Å². The Morgan fingerprint density at radius 2 is 2.05 bits per heavy atom. The van der Waals surface area contributed by atoms with Crippen LogP contribution in [0.25, 0.3) is 0 Å². The number of carbonyl (C=O) groups is 1. The molecule has 1 atom stereocenters. The van der Waals surface area contributed by atoms with E-state index in [9.17, 15) is 4.79 Å². The molecule has 6 heteroatoms. The van der Waals surface area contributed by atoms with Crippen LogP contribution in [-0.4, -0.2) is 43.2 Å². The van der Waals surface area contributed by atoms with Crippen LogP contribution in [0.2, 0.25) is 0 Å². The van der Waals surface area contributed by atoms with Crippen molar-refractivity contribution >= 4 is 11.6 Å². The van der Waals surface area contributed by atoms with E-state index in [1.165, 1.54) is 0 Å². The molecule has 21 heavy (non-hydrogen) atoms. The Morgan fingerprint density at radius 1 is 1.33 bits per heavy atom. The van der Waals surface area contributed by atoms with Crippen molar-refractivity contribution in [2.75, 3.05) is 32.0 Å². The van der Waals surface area contributed by atoms with Gasteiger partial charge in [-0.2, -0.15) is 0 Å². The average molecular weight is 291 g/mol. The molecule has 3 N–H and O–H groups in total. The van der Waals surface area contributed by atoms with Gasteiger partial charge in [-0.05, 0) is 18.1 Å². The highest BCUT2D eigenvalue weighted by molar-refractivity contribution is 5.82. The first-order chi connectivity index (χ1) is 10.2. The minimum Gasteiger partial charge on any atom is -0.486 e. The van der Waals surface area contributed by atoms with Crippen LogP contribution >= 0.6 is 0 Å². The quantitative estimate of drug-likeness (QED) is 0.804. The summed E-state index contributed by atoms with van der Waals surface area (Å²) < 4.78 is 11.1. The average Bonchev–Trinajstić information content (AvgIpc) is 2.48. The molecule has 114 valence electrons. The van der Waals surface area contributed by atoms with Crippen molar-refractivity contribution in [3.05, 3.63) is 17.7 Å². The van der Waals surface area contributed by atoms with Crippen LogP contribution in [0.15, 0.2) is 12.1 Å². The van der Waals surface area contributed by atoms with E-state index in [0.717, 1.165) is 24.3 Å². The lowest BCUT2D eigenvalue weighted by molar-refractivity contribution is -0.129. The molecule has 0 aliphatic carbocycles. The van der Waals surface area contributed by atoms with Gasteiger partial charge in [-0.1, -0.05) is 6.92 Å². The van der Waals surface area contributed by atoms with Crippen LogP contribution in [0.4, 0.5) is 5.69 Å². The number of nitrogens with zero attached hydrogens (tertiary/aromatic N) is 1. The van der Waals surface area contributed by atoms with E-state index in [4.69, 9.17) is 15.2 Å². The second-order valence-electron chi connectivity index (χ2n) is 5.38. The Balaban J connectivity index is 1.82. The number of amides is 1. The van der Waals surface area contributed by atoms with Gasteiger partial charge in [0.1, 0.15) is 13.2 Å². The number of rotatable bonds is 3. The van der Waals surface area contributed by atoms with Crippen LogP contribution in [0.1, 0.15) is 18.9 Å². The molecule has 3 rings (SSSR count). The summed E-state index contributed by atoms with van der Waals surface area (Å²) in [6.45, 7) is 5.29. The van der Waals surface area contributed by atoms with Crippen molar-refractivity contribution in [3.63, 3.8) is 0 Å². The summed E-state index contributed by atoms with van der Waals surface area (Å²) in [6.07, 6.45) is 0.788. The molecule has 1 unspecified atom stereocenters. The maximum absolute atomic E-state index is 11.9. The number of ether oxygens (including phenoxy) is 2. The highest BCUT2D eigenvalue weighted by atomic mass is 16.6. The number of hydrogen-bond acceptors (Lipinski definition) is 5. The third kappa shape index (κ3) is 2.76. The first-order valence-corrected chi connectivity index (χ1v) is 7.38. The number of piperazine rings is 1. The Labute approximate surface area is 124 Å². The van der Waals surface area contributed by atoms with E-state index in [0.29, 0.717) is 37.7 Å². The third-order valence-electron chi connectivity index (χ3n) is 4.01. The molecule has 1 amide bonds. The minimum atomic E-state index is -0.0913. The van der Waals surface area contributed by atoms with Gasteiger partial charge in [0, 0.05) is 31.4 Å². The summed E-state index contributed by atoms with van der Waals surface area (Å²) in [5, 5.41) is 2.91. The Hall–Kier alpha value is -1.95. The van der Waals surface area contributed by atoms with Gasteiger partial charge < -0.3 is 20.5 Å². The smallest absolute Gasteiger partial charge is 0.237 e. The van der Waals surface area contributed by atoms with Gasteiger partial charge in [0.05, 0.1) is 6.04 Å². The zero-order chi connectivity index (χ0) is 14.8. The van der Waals surface area contributed by atoms with Gasteiger partial charge in [0.15, 0.2) is 11.5 Å². The number of nitrogens with two attached hydrogens (primary N) is 1. The summed E-state index contributed by atoms with van der Waals surface area (Å²) in [5.74, 6) is 1.53. The van der Waals surface area contributed by atoms with Crippen molar-refractivity contribution in [2.45, 2.75) is 25.9 Å². The van der Waals surface area contributed by atoms with Crippen LogP contribution in [0.3, 0.4) is 0 Å². The molecule has 1 aromatic rings. The fraction of sp³-hybridized carbons (Fsp3) is 0.533. The number of hydrogen-bond donors (Lipinski definition) is 2. The Morgan fingerprint density at radius 3 is 2.76 bits per heavy atom. The van der Waals surface area contributed by atoms with Gasteiger partial charge in [0.2, 0.25) is 5.91 Å². The van der Waals surface area contributed by atoms with Crippen molar-refractivity contribution in [2.24, 2.45) is 0 Å². The summed E-state index contributed by atoms with van der Waals surface area (Å²) >= 11 is 0. The van der Waals surface area contributed by atoms with Crippen LogP contribution in [0, 0.1) is 0 Å². The lowest BCUT2D eigenvalue weighted by Gasteiger charge is -2.34. The summed E-state index contributed by atoms with van der Waals surface area (Å²) in [7, 11) is 0. The highest BCUT2D eigenvalue weighted by Gasteiger charge is 2.28. The van der Waals surface area contributed by atoms with E-state index >= 15 is 0 Å². The summed E-state index contributed by atoms with van der Waals surface area (Å²) in [6, 6.07) is 3.66. The number of carbonyl (C=O) groups excluding carboxylic acids is 1. The van der Waals surface area contributed by atoms with E-state index in [1.807, 2.05) is 19.1 Å². The second kappa shape index (κ2) is 5.81. The predicted molar refractivity (Wildman–Crippen MR) is 79.3 cm³/mol. The normalized spacial score (nSPS) is 22.0. The maximum Gasteiger partial charge on any atom is 0.237 e. The highest BCUT2D eigenvalue weighted by Crippen LogP contribution is 2.35. The zero-order valence-corrected chi connectivity index (χ0v) is 12.2. The van der Waals surface area contributed by atoms with E-state index in [-0.39, 0.29) is 11.9 Å². The second-order valence-corrected chi connectivity index (χ2v) is 5.38. The first kappa shape index (κ1) is 14.0. The largest absolute Gasteiger partial charge is 0.486 e. The molecule has 0 spiro atoms. The molecule has 2 heterocycles. The molecular formula is C15H21N3O3. The first-order valence-electron chi connectivity index (χ1n) is 7.38. The third-order valence-corrected chi connectivity index (χ3v) is 4.01. The standard InChI is InChI=1S/C15H21N3O3/c1-2-12-15(19)17-3-4-18(12)9-10-7-13-14(8-11(10)16)21-6-5-20-13/h7-8,12H,2-6,9,16H2,1H3,(H,17,19). The van der Waals surface area contributed by atoms with Gasteiger partial charge in [-0.3, -0.25) is 9.69 Å². The van der Waals surface area contributed by atoms with Crippen LogP contribution < -0.4 is 20.5 Å². The number of anilines is 1. The minimum absolute atomic E-state index is 0.0913. The predicted octanol–water partition coefficient (Wildman–Crippen LogP) is 0.750. The Kier molecular flexibility index (Phi) is 3.88. The molecule has 2 aliphatic rings. The fourth-order valence-electron chi connectivity index (χ4n) is 2.90. The summed E-state index contributed by atoms with van der Waals surface area (Å²) in [4.78, 5) is 14.1. The van der Waals surface area contributed by atoms with Crippen LogP contribution in [-0.2, 0) is 11.3 Å². The monoisotopic (exact) mass is 291 g/mol. The van der Waals surface area contributed by atoms with Gasteiger partial charge in [0.25, 0.3) is 0 Å². The van der Waals surface area contributed by atoms with Gasteiger partial charge in [-0.15, -0.1) is 0 Å².